The Morgan fingerprint density at radius 3 is 1.47 bits per heavy atom. The molecule has 1 heterocycles. The molecule has 1 saturated heterocycles. The van der Waals surface area contributed by atoms with Crippen molar-refractivity contribution in [3.05, 3.63) is 33.4 Å². The molecule has 0 aliphatic carbocycles. The zero-order valence-electron chi connectivity index (χ0n) is 11.4. The van der Waals surface area contributed by atoms with Crippen LogP contribution >= 0.6 is 12.4 Å². The van der Waals surface area contributed by atoms with Crippen LogP contribution in [0, 0.1) is 34.6 Å². The van der Waals surface area contributed by atoms with Gasteiger partial charge in [0.1, 0.15) is 0 Å². The molecule has 0 spiro atoms. The standard InChI is InChI=1S/C14H22N2.ClH/c1-8-9(2)11(4)13(12(5)10(8)3)14(15)6-16-7-14;/h16H,6-7,15H2,1-5H3;1H. The third kappa shape index (κ3) is 1.99. The predicted molar refractivity (Wildman–Crippen MR) is 76.1 cm³/mol. The van der Waals surface area contributed by atoms with Crippen molar-refractivity contribution in [2.24, 2.45) is 5.73 Å². The lowest BCUT2D eigenvalue weighted by Crippen LogP contribution is -2.63. The molecule has 0 aromatic heterocycles. The maximum atomic E-state index is 6.45. The van der Waals surface area contributed by atoms with E-state index in [0.29, 0.717) is 0 Å². The number of nitrogens with one attached hydrogen (secondary N) is 1. The monoisotopic (exact) mass is 254 g/mol. The van der Waals surface area contributed by atoms with Crippen LogP contribution < -0.4 is 11.1 Å². The minimum atomic E-state index is -0.141. The lowest BCUT2D eigenvalue weighted by molar-refractivity contribution is 0.284. The average molecular weight is 255 g/mol. The van der Waals surface area contributed by atoms with Gasteiger partial charge in [0.2, 0.25) is 0 Å². The van der Waals surface area contributed by atoms with Crippen LogP contribution in [0.5, 0.6) is 0 Å². The molecule has 0 bridgehead atoms. The van der Waals surface area contributed by atoms with Crippen LogP contribution in [-0.4, -0.2) is 13.1 Å². The second-order valence-corrected chi connectivity index (χ2v) is 5.26. The van der Waals surface area contributed by atoms with Gasteiger partial charge in [0.25, 0.3) is 0 Å². The van der Waals surface area contributed by atoms with Crippen LogP contribution in [0.3, 0.4) is 0 Å². The largest absolute Gasteiger partial charge is 0.319 e. The molecule has 96 valence electrons. The zero-order valence-corrected chi connectivity index (χ0v) is 12.2. The fourth-order valence-electron chi connectivity index (χ4n) is 2.82. The normalized spacial score (nSPS) is 17.3. The number of halogens is 1. The van der Waals surface area contributed by atoms with Gasteiger partial charge in [-0.3, -0.25) is 0 Å². The van der Waals surface area contributed by atoms with E-state index in [1.54, 1.807) is 0 Å². The van der Waals surface area contributed by atoms with E-state index >= 15 is 0 Å². The molecule has 3 N–H and O–H groups in total. The molecule has 0 atom stereocenters. The van der Waals surface area contributed by atoms with Gasteiger partial charge < -0.3 is 11.1 Å². The second kappa shape index (κ2) is 4.60. The van der Waals surface area contributed by atoms with E-state index in [1.807, 2.05) is 0 Å². The van der Waals surface area contributed by atoms with Crippen molar-refractivity contribution in [1.29, 1.82) is 0 Å². The number of hydrogen-bond donors (Lipinski definition) is 2. The Labute approximate surface area is 110 Å². The van der Waals surface area contributed by atoms with Crippen molar-refractivity contribution in [2.45, 2.75) is 40.2 Å². The van der Waals surface area contributed by atoms with Crippen molar-refractivity contribution in [3.63, 3.8) is 0 Å². The van der Waals surface area contributed by atoms with E-state index in [2.05, 4.69) is 39.9 Å². The van der Waals surface area contributed by atoms with E-state index in [4.69, 9.17) is 5.73 Å². The highest BCUT2D eigenvalue weighted by atomic mass is 35.5. The number of benzene rings is 1. The molecule has 1 aliphatic heterocycles. The molecule has 3 heteroatoms. The summed E-state index contributed by atoms with van der Waals surface area (Å²) in [5.74, 6) is 0. The predicted octanol–water partition coefficient (Wildman–Crippen LogP) is 2.41. The topological polar surface area (TPSA) is 38.0 Å². The lowest BCUT2D eigenvalue weighted by atomic mass is 9.76. The fraction of sp³-hybridized carbons (Fsp3) is 0.571. The van der Waals surface area contributed by atoms with Crippen LogP contribution in [0.4, 0.5) is 0 Å². The van der Waals surface area contributed by atoms with Crippen molar-refractivity contribution >= 4 is 12.4 Å². The second-order valence-electron chi connectivity index (χ2n) is 5.26. The first-order valence-corrected chi connectivity index (χ1v) is 5.95. The summed E-state index contributed by atoms with van der Waals surface area (Å²) in [6.45, 7) is 12.8. The summed E-state index contributed by atoms with van der Waals surface area (Å²) < 4.78 is 0. The van der Waals surface area contributed by atoms with Gasteiger partial charge in [-0.15, -0.1) is 12.4 Å². The molecule has 1 aromatic rings. The van der Waals surface area contributed by atoms with Crippen LogP contribution in [0.2, 0.25) is 0 Å². The van der Waals surface area contributed by atoms with Crippen molar-refractivity contribution in [1.82, 2.24) is 5.32 Å². The minimum Gasteiger partial charge on any atom is -0.319 e. The first kappa shape index (κ1) is 14.5. The molecule has 0 radical (unpaired) electrons. The third-order valence-corrected chi connectivity index (χ3v) is 4.38. The lowest BCUT2D eigenvalue weighted by Gasteiger charge is -2.42. The van der Waals surface area contributed by atoms with Crippen molar-refractivity contribution in [2.75, 3.05) is 13.1 Å². The quantitative estimate of drug-likeness (QED) is 0.808. The van der Waals surface area contributed by atoms with Crippen LogP contribution in [0.25, 0.3) is 0 Å². The van der Waals surface area contributed by atoms with E-state index in [1.165, 1.54) is 33.4 Å². The number of nitrogens with two attached hydrogens (primary N) is 1. The molecule has 1 fully saturated rings. The summed E-state index contributed by atoms with van der Waals surface area (Å²) in [5, 5.41) is 3.28. The summed E-state index contributed by atoms with van der Waals surface area (Å²) >= 11 is 0. The Kier molecular flexibility index (Phi) is 3.92. The Hall–Kier alpha value is -0.570. The van der Waals surface area contributed by atoms with Gasteiger partial charge in [0.05, 0.1) is 5.54 Å². The summed E-state index contributed by atoms with van der Waals surface area (Å²) in [5.41, 5.74) is 14.6. The highest BCUT2D eigenvalue weighted by Gasteiger charge is 2.37. The van der Waals surface area contributed by atoms with Crippen molar-refractivity contribution < 1.29 is 0 Å². The van der Waals surface area contributed by atoms with E-state index in [-0.39, 0.29) is 17.9 Å². The maximum Gasteiger partial charge on any atom is 0.0667 e. The molecule has 0 unspecified atom stereocenters. The molecule has 1 aromatic carbocycles. The molecule has 2 nitrogen and oxygen atoms in total. The van der Waals surface area contributed by atoms with Gasteiger partial charge in [0, 0.05) is 13.1 Å². The van der Waals surface area contributed by atoms with Crippen molar-refractivity contribution in [3.8, 4) is 0 Å². The van der Waals surface area contributed by atoms with Gasteiger partial charge in [-0.2, -0.15) is 0 Å². The van der Waals surface area contributed by atoms with Gasteiger partial charge >= 0.3 is 0 Å². The van der Waals surface area contributed by atoms with E-state index in [0.717, 1.165) is 13.1 Å². The first-order valence-electron chi connectivity index (χ1n) is 5.95. The zero-order chi connectivity index (χ0) is 12.1. The summed E-state index contributed by atoms with van der Waals surface area (Å²) in [6, 6.07) is 0. The Bertz CT molecular complexity index is 419. The third-order valence-electron chi connectivity index (χ3n) is 4.38. The summed E-state index contributed by atoms with van der Waals surface area (Å²) in [7, 11) is 0. The molecule has 0 amide bonds. The molecule has 17 heavy (non-hydrogen) atoms. The van der Waals surface area contributed by atoms with Crippen LogP contribution in [0.15, 0.2) is 0 Å². The van der Waals surface area contributed by atoms with Gasteiger partial charge in [-0.25, -0.2) is 0 Å². The highest BCUT2D eigenvalue weighted by Crippen LogP contribution is 2.34. The molecular formula is C14H23ClN2. The van der Waals surface area contributed by atoms with E-state index < -0.39 is 0 Å². The minimum absolute atomic E-state index is 0. The molecule has 1 aliphatic rings. The fourth-order valence-corrected chi connectivity index (χ4v) is 2.82. The van der Waals surface area contributed by atoms with Gasteiger partial charge in [0.15, 0.2) is 0 Å². The molecule has 0 saturated carbocycles. The molecule has 2 rings (SSSR count). The summed E-state index contributed by atoms with van der Waals surface area (Å²) in [6.07, 6.45) is 0. The van der Waals surface area contributed by atoms with Crippen LogP contribution in [0.1, 0.15) is 33.4 Å². The van der Waals surface area contributed by atoms with E-state index in [9.17, 15) is 0 Å². The van der Waals surface area contributed by atoms with Crippen LogP contribution in [-0.2, 0) is 5.54 Å². The average Bonchev–Trinajstić information content (AvgIpc) is 2.21. The SMILES string of the molecule is Cc1c(C)c(C)c(C2(N)CNC2)c(C)c1C.Cl. The first-order chi connectivity index (χ1) is 7.38. The smallest absolute Gasteiger partial charge is 0.0667 e. The highest BCUT2D eigenvalue weighted by molar-refractivity contribution is 5.85. The van der Waals surface area contributed by atoms with Gasteiger partial charge in [-0.1, -0.05) is 0 Å². The summed E-state index contributed by atoms with van der Waals surface area (Å²) in [4.78, 5) is 0. The number of hydrogen-bond acceptors (Lipinski definition) is 2. The Balaban J connectivity index is 0.00000144. The molecular weight excluding hydrogens is 232 g/mol. The number of rotatable bonds is 1. The maximum absolute atomic E-state index is 6.45. The Morgan fingerprint density at radius 1 is 0.824 bits per heavy atom. The Morgan fingerprint density at radius 2 is 1.18 bits per heavy atom. The van der Waals surface area contributed by atoms with Gasteiger partial charge in [-0.05, 0) is 68.0 Å².